The highest BCUT2D eigenvalue weighted by Crippen LogP contribution is 2.40. The summed E-state index contributed by atoms with van der Waals surface area (Å²) in [5.74, 6) is 0.103. The van der Waals surface area contributed by atoms with Crippen molar-refractivity contribution in [2.45, 2.75) is 64.0 Å². The number of carbonyl (C=O) groups excluding carboxylic acids is 2. The van der Waals surface area contributed by atoms with Crippen LogP contribution < -0.4 is 5.32 Å². The maximum Gasteiger partial charge on any atom is 0.249 e. The molecule has 0 spiro atoms. The molecule has 0 aromatic rings. The Morgan fingerprint density at radius 2 is 1.82 bits per heavy atom. The SMILES string of the molecule is CCC1(CC)NC(=O)CN(C2(C)CCC2)C1=O. The van der Waals surface area contributed by atoms with Crippen molar-refractivity contribution in [3.8, 4) is 0 Å². The fourth-order valence-electron chi connectivity index (χ4n) is 2.96. The summed E-state index contributed by atoms with van der Waals surface area (Å²) >= 11 is 0. The van der Waals surface area contributed by atoms with E-state index < -0.39 is 5.54 Å². The van der Waals surface area contributed by atoms with E-state index in [1.54, 1.807) is 0 Å². The predicted octanol–water partition coefficient (Wildman–Crippen LogP) is 1.45. The van der Waals surface area contributed by atoms with Crippen LogP contribution in [0.3, 0.4) is 0 Å². The highest BCUT2D eigenvalue weighted by Gasteiger charge is 2.51. The molecule has 0 atom stereocenters. The molecule has 1 N–H and O–H groups in total. The largest absolute Gasteiger partial charge is 0.340 e. The minimum atomic E-state index is -0.659. The van der Waals surface area contributed by atoms with Gasteiger partial charge in [-0.3, -0.25) is 9.59 Å². The second-order valence-corrected chi connectivity index (χ2v) is 5.58. The lowest BCUT2D eigenvalue weighted by Crippen LogP contribution is -2.71. The lowest BCUT2D eigenvalue weighted by atomic mass is 9.75. The third-order valence-electron chi connectivity index (χ3n) is 4.62. The van der Waals surface area contributed by atoms with E-state index in [2.05, 4.69) is 12.2 Å². The van der Waals surface area contributed by atoms with Gasteiger partial charge in [0, 0.05) is 5.54 Å². The van der Waals surface area contributed by atoms with Gasteiger partial charge in [0.05, 0.1) is 0 Å². The van der Waals surface area contributed by atoms with Gasteiger partial charge in [-0.2, -0.15) is 0 Å². The molecule has 2 amide bonds. The van der Waals surface area contributed by atoms with Crippen molar-refractivity contribution in [1.82, 2.24) is 10.2 Å². The normalized spacial score (nSPS) is 26.4. The monoisotopic (exact) mass is 238 g/mol. The van der Waals surface area contributed by atoms with E-state index in [9.17, 15) is 9.59 Å². The van der Waals surface area contributed by atoms with Gasteiger partial charge in [0.1, 0.15) is 12.1 Å². The number of hydrogen-bond donors (Lipinski definition) is 1. The van der Waals surface area contributed by atoms with Gasteiger partial charge in [0.25, 0.3) is 0 Å². The van der Waals surface area contributed by atoms with Crippen molar-refractivity contribution in [3.63, 3.8) is 0 Å². The van der Waals surface area contributed by atoms with Crippen LogP contribution in [0.2, 0.25) is 0 Å². The van der Waals surface area contributed by atoms with Crippen LogP contribution in [0.1, 0.15) is 52.9 Å². The molecule has 4 heteroatoms. The molecule has 2 rings (SSSR count). The lowest BCUT2D eigenvalue weighted by molar-refractivity contribution is -0.160. The van der Waals surface area contributed by atoms with Gasteiger partial charge in [-0.25, -0.2) is 0 Å². The smallest absolute Gasteiger partial charge is 0.249 e. The average molecular weight is 238 g/mol. The van der Waals surface area contributed by atoms with Crippen LogP contribution in [0.25, 0.3) is 0 Å². The number of amides is 2. The van der Waals surface area contributed by atoms with E-state index >= 15 is 0 Å². The zero-order valence-corrected chi connectivity index (χ0v) is 11.0. The molecule has 1 saturated carbocycles. The molecule has 1 aliphatic heterocycles. The first-order chi connectivity index (χ1) is 7.97. The van der Waals surface area contributed by atoms with Crippen LogP contribution in [0, 0.1) is 0 Å². The number of hydrogen-bond acceptors (Lipinski definition) is 2. The Morgan fingerprint density at radius 1 is 1.24 bits per heavy atom. The number of piperazine rings is 1. The molecule has 4 nitrogen and oxygen atoms in total. The van der Waals surface area contributed by atoms with E-state index in [-0.39, 0.29) is 23.9 Å². The van der Waals surface area contributed by atoms with E-state index in [1.165, 1.54) is 0 Å². The molecule has 96 valence electrons. The summed E-state index contributed by atoms with van der Waals surface area (Å²) in [4.78, 5) is 26.3. The molecule has 1 heterocycles. The quantitative estimate of drug-likeness (QED) is 0.809. The van der Waals surface area contributed by atoms with Crippen molar-refractivity contribution < 1.29 is 9.59 Å². The van der Waals surface area contributed by atoms with Crippen LogP contribution in [-0.2, 0) is 9.59 Å². The third-order valence-corrected chi connectivity index (χ3v) is 4.62. The van der Waals surface area contributed by atoms with Crippen LogP contribution >= 0.6 is 0 Å². The van der Waals surface area contributed by atoms with Gasteiger partial charge in [-0.05, 0) is 39.0 Å². The first-order valence-corrected chi connectivity index (χ1v) is 6.60. The molecule has 0 bridgehead atoms. The van der Waals surface area contributed by atoms with Gasteiger partial charge < -0.3 is 10.2 Å². The number of nitrogens with zero attached hydrogens (tertiary/aromatic N) is 1. The summed E-state index contributed by atoms with van der Waals surface area (Å²) < 4.78 is 0. The molecular weight excluding hydrogens is 216 g/mol. The Labute approximate surface area is 103 Å². The standard InChI is InChI=1S/C13H22N2O2/c1-4-13(5-2)11(17)15(9-10(16)14-13)12(3)7-6-8-12/h4-9H2,1-3H3,(H,14,16). The fraction of sp³-hybridized carbons (Fsp3) is 0.846. The van der Waals surface area contributed by atoms with Crippen molar-refractivity contribution in [2.75, 3.05) is 6.54 Å². The molecule has 2 aliphatic rings. The summed E-state index contributed by atoms with van der Waals surface area (Å²) in [7, 11) is 0. The van der Waals surface area contributed by atoms with Crippen molar-refractivity contribution in [1.29, 1.82) is 0 Å². The maximum atomic E-state index is 12.6. The predicted molar refractivity (Wildman–Crippen MR) is 65.4 cm³/mol. The molecule has 0 aromatic heterocycles. The van der Waals surface area contributed by atoms with Gasteiger partial charge >= 0.3 is 0 Å². The first kappa shape index (κ1) is 12.4. The van der Waals surface area contributed by atoms with Crippen LogP contribution in [0.4, 0.5) is 0 Å². The third kappa shape index (κ3) is 1.74. The summed E-state index contributed by atoms with van der Waals surface area (Å²) in [6.07, 6.45) is 4.54. The lowest BCUT2D eigenvalue weighted by Gasteiger charge is -2.53. The number of rotatable bonds is 3. The van der Waals surface area contributed by atoms with Crippen molar-refractivity contribution in [3.05, 3.63) is 0 Å². The summed E-state index contributed by atoms with van der Waals surface area (Å²) in [6.45, 7) is 6.27. The molecule has 0 unspecified atom stereocenters. The minimum Gasteiger partial charge on any atom is -0.340 e. The summed E-state index contributed by atoms with van der Waals surface area (Å²) in [6, 6.07) is 0. The Morgan fingerprint density at radius 3 is 2.24 bits per heavy atom. The van der Waals surface area contributed by atoms with E-state index in [0.717, 1.165) is 19.3 Å². The Balaban J connectivity index is 2.28. The van der Waals surface area contributed by atoms with Gasteiger partial charge in [-0.1, -0.05) is 13.8 Å². The van der Waals surface area contributed by atoms with Gasteiger partial charge in [0.15, 0.2) is 0 Å². The highest BCUT2D eigenvalue weighted by atomic mass is 16.2. The zero-order chi connectivity index (χ0) is 12.7. The van der Waals surface area contributed by atoms with Crippen LogP contribution in [0.15, 0.2) is 0 Å². The molecule has 0 radical (unpaired) electrons. The Hall–Kier alpha value is -1.06. The maximum absolute atomic E-state index is 12.6. The van der Waals surface area contributed by atoms with E-state index in [0.29, 0.717) is 12.8 Å². The Kier molecular flexibility index (Phi) is 2.92. The van der Waals surface area contributed by atoms with Gasteiger partial charge in [0.2, 0.25) is 11.8 Å². The zero-order valence-electron chi connectivity index (χ0n) is 11.0. The second kappa shape index (κ2) is 4.00. The first-order valence-electron chi connectivity index (χ1n) is 6.60. The minimum absolute atomic E-state index is 0.0126. The molecule has 2 fully saturated rings. The van der Waals surface area contributed by atoms with E-state index in [1.807, 2.05) is 18.7 Å². The van der Waals surface area contributed by atoms with Crippen LogP contribution in [0.5, 0.6) is 0 Å². The molecule has 1 aliphatic carbocycles. The second-order valence-electron chi connectivity index (χ2n) is 5.58. The Bertz CT molecular complexity index is 343. The van der Waals surface area contributed by atoms with Gasteiger partial charge in [-0.15, -0.1) is 0 Å². The molecule has 17 heavy (non-hydrogen) atoms. The number of carbonyl (C=O) groups is 2. The average Bonchev–Trinajstić information content (AvgIpc) is 2.29. The fourth-order valence-corrected chi connectivity index (χ4v) is 2.96. The number of nitrogens with one attached hydrogen (secondary N) is 1. The summed E-state index contributed by atoms with van der Waals surface area (Å²) in [5, 5.41) is 2.90. The highest BCUT2D eigenvalue weighted by molar-refractivity contribution is 5.98. The van der Waals surface area contributed by atoms with Crippen molar-refractivity contribution in [2.24, 2.45) is 0 Å². The molecule has 0 aromatic carbocycles. The summed E-state index contributed by atoms with van der Waals surface area (Å²) in [5.41, 5.74) is -0.738. The molecule has 1 saturated heterocycles. The van der Waals surface area contributed by atoms with Crippen LogP contribution in [-0.4, -0.2) is 34.3 Å². The molecular formula is C13H22N2O2. The van der Waals surface area contributed by atoms with E-state index in [4.69, 9.17) is 0 Å². The van der Waals surface area contributed by atoms with Crippen molar-refractivity contribution >= 4 is 11.8 Å². The topological polar surface area (TPSA) is 49.4 Å².